The van der Waals surface area contributed by atoms with Crippen molar-refractivity contribution in [3.05, 3.63) is 48.2 Å². The number of benzene rings is 2. The van der Waals surface area contributed by atoms with Crippen LogP contribution >= 0.6 is 0 Å². The van der Waals surface area contributed by atoms with E-state index in [1.54, 1.807) is 13.2 Å². The van der Waals surface area contributed by atoms with Gasteiger partial charge in [0.2, 0.25) is 0 Å². The Morgan fingerprint density at radius 3 is 2.62 bits per heavy atom. The zero-order chi connectivity index (χ0) is 17.1. The van der Waals surface area contributed by atoms with Crippen LogP contribution in [0.5, 0.6) is 17.2 Å². The van der Waals surface area contributed by atoms with E-state index in [0.29, 0.717) is 23.6 Å². The molecule has 3 aromatic rings. The fourth-order valence-electron chi connectivity index (χ4n) is 2.77. The lowest BCUT2D eigenvalue weighted by Gasteiger charge is -2.11. The number of hydrogen-bond donors (Lipinski definition) is 2. The Kier molecular flexibility index (Phi) is 4.42. The highest BCUT2D eigenvalue weighted by Crippen LogP contribution is 2.41. The van der Waals surface area contributed by atoms with E-state index in [4.69, 9.17) is 9.47 Å². The molecule has 3 rings (SSSR count). The second kappa shape index (κ2) is 6.66. The smallest absolute Gasteiger partial charge is 0.128 e. The molecule has 1 heterocycles. The number of ether oxygens (including phenoxy) is 2. The van der Waals surface area contributed by atoms with Crippen LogP contribution in [0.4, 0.5) is 0 Å². The van der Waals surface area contributed by atoms with Gasteiger partial charge in [0.25, 0.3) is 0 Å². The zero-order valence-electron chi connectivity index (χ0n) is 14.0. The molecular formula is C19H20N2O3. The molecule has 0 aliphatic carbocycles. The number of nitrogens with one attached hydrogen (secondary N) is 1. The summed E-state index contributed by atoms with van der Waals surface area (Å²) in [4.78, 5) is 0. The Labute approximate surface area is 140 Å². The lowest BCUT2D eigenvalue weighted by molar-refractivity contribution is 0.338. The van der Waals surface area contributed by atoms with E-state index < -0.39 is 0 Å². The molecule has 0 unspecified atom stereocenters. The molecular weight excluding hydrogens is 304 g/mol. The topological polar surface area (TPSA) is 67.4 Å². The second-order valence-corrected chi connectivity index (χ2v) is 5.38. The molecule has 0 aliphatic rings. The number of aromatic nitrogens is 2. The molecule has 0 fully saturated rings. The van der Waals surface area contributed by atoms with Gasteiger partial charge in [-0.15, -0.1) is 0 Å². The van der Waals surface area contributed by atoms with E-state index >= 15 is 0 Å². The molecule has 124 valence electrons. The van der Waals surface area contributed by atoms with Gasteiger partial charge in [0, 0.05) is 28.5 Å². The van der Waals surface area contributed by atoms with Crippen molar-refractivity contribution in [2.24, 2.45) is 0 Å². The van der Waals surface area contributed by atoms with Crippen LogP contribution in [0.2, 0.25) is 0 Å². The Balaban J connectivity index is 2.15. The van der Waals surface area contributed by atoms with Gasteiger partial charge in [0.1, 0.15) is 22.9 Å². The molecule has 1 aromatic heterocycles. The Morgan fingerprint density at radius 2 is 1.92 bits per heavy atom. The van der Waals surface area contributed by atoms with Crippen LogP contribution in [0.15, 0.2) is 42.5 Å². The van der Waals surface area contributed by atoms with Gasteiger partial charge in [0.05, 0.1) is 13.7 Å². The van der Waals surface area contributed by atoms with Gasteiger partial charge < -0.3 is 14.6 Å². The van der Waals surface area contributed by atoms with Crippen LogP contribution in [0.1, 0.15) is 12.6 Å². The van der Waals surface area contributed by atoms with Crippen molar-refractivity contribution >= 4 is 0 Å². The van der Waals surface area contributed by atoms with Crippen LogP contribution in [0.3, 0.4) is 0 Å². The average Bonchev–Trinajstić information content (AvgIpc) is 2.96. The van der Waals surface area contributed by atoms with Crippen molar-refractivity contribution in [2.45, 2.75) is 13.8 Å². The van der Waals surface area contributed by atoms with Crippen molar-refractivity contribution in [2.75, 3.05) is 13.7 Å². The number of aryl methyl sites for hydroxylation is 1. The number of nitrogens with zero attached hydrogens (tertiary/aromatic N) is 1. The van der Waals surface area contributed by atoms with E-state index in [0.717, 1.165) is 22.6 Å². The Hall–Kier alpha value is -2.95. The summed E-state index contributed by atoms with van der Waals surface area (Å²) in [6.07, 6.45) is 0. The van der Waals surface area contributed by atoms with Gasteiger partial charge in [-0.3, -0.25) is 5.10 Å². The predicted molar refractivity (Wildman–Crippen MR) is 93.6 cm³/mol. The quantitative estimate of drug-likeness (QED) is 0.739. The molecule has 0 saturated carbocycles. The summed E-state index contributed by atoms with van der Waals surface area (Å²) in [6, 6.07) is 13.0. The first-order valence-corrected chi connectivity index (χ1v) is 7.80. The summed E-state index contributed by atoms with van der Waals surface area (Å²) in [5, 5.41) is 17.8. The lowest BCUT2D eigenvalue weighted by atomic mass is 9.98. The molecule has 2 N–H and O–H groups in total. The van der Waals surface area contributed by atoms with Crippen LogP contribution in [0, 0.1) is 6.92 Å². The van der Waals surface area contributed by atoms with E-state index in [9.17, 15) is 5.11 Å². The number of rotatable bonds is 5. The largest absolute Gasteiger partial charge is 0.507 e. The molecule has 5 nitrogen and oxygen atoms in total. The van der Waals surface area contributed by atoms with Crippen molar-refractivity contribution in [1.82, 2.24) is 10.2 Å². The van der Waals surface area contributed by atoms with Crippen molar-refractivity contribution in [1.29, 1.82) is 0 Å². The monoisotopic (exact) mass is 324 g/mol. The number of para-hydroxylation sites is 1. The third kappa shape index (κ3) is 2.80. The van der Waals surface area contributed by atoms with Gasteiger partial charge in [0.15, 0.2) is 0 Å². The van der Waals surface area contributed by atoms with Crippen LogP contribution in [-0.4, -0.2) is 29.0 Å². The molecule has 5 heteroatoms. The first-order chi connectivity index (χ1) is 11.7. The molecule has 2 aromatic carbocycles. The van der Waals surface area contributed by atoms with Gasteiger partial charge in [-0.25, -0.2) is 0 Å². The number of H-pyrrole nitrogens is 1. The van der Waals surface area contributed by atoms with Crippen LogP contribution in [0.25, 0.3) is 22.4 Å². The van der Waals surface area contributed by atoms with Crippen molar-refractivity contribution in [3.8, 4) is 39.6 Å². The summed E-state index contributed by atoms with van der Waals surface area (Å²) in [7, 11) is 1.64. The van der Waals surface area contributed by atoms with Gasteiger partial charge in [-0.2, -0.15) is 5.10 Å². The van der Waals surface area contributed by atoms with Gasteiger partial charge in [-0.05, 0) is 32.0 Å². The van der Waals surface area contributed by atoms with Gasteiger partial charge >= 0.3 is 0 Å². The maximum Gasteiger partial charge on any atom is 0.128 e. The number of aromatic hydroxyl groups is 1. The number of phenols is 1. The van der Waals surface area contributed by atoms with Crippen LogP contribution < -0.4 is 9.47 Å². The molecule has 0 radical (unpaired) electrons. The summed E-state index contributed by atoms with van der Waals surface area (Å²) in [5.41, 5.74) is 4.06. The molecule has 0 aliphatic heterocycles. The number of aromatic amines is 1. The van der Waals surface area contributed by atoms with E-state index in [-0.39, 0.29) is 5.75 Å². The van der Waals surface area contributed by atoms with Crippen molar-refractivity contribution < 1.29 is 14.6 Å². The highest BCUT2D eigenvalue weighted by atomic mass is 16.5. The summed E-state index contributed by atoms with van der Waals surface area (Å²) in [5.74, 6) is 1.52. The fourth-order valence-corrected chi connectivity index (χ4v) is 2.77. The minimum Gasteiger partial charge on any atom is -0.507 e. The standard InChI is InChI=1S/C19H20N2O3/c1-4-24-13-9-10-14(16(22)11-13)19-18(12(2)20-21-19)15-7-5-6-8-17(15)23-3/h5-11,22H,4H2,1-3H3,(H,20,21). The summed E-state index contributed by atoms with van der Waals surface area (Å²) >= 11 is 0. The molecule has 0 bridgehead atoms. The molecule has 24 heavy (non-hydrogen) atoms. The third-order valence-corrected chi connectivity index (χ3v) is 3.86. The van der Waals surface area contributed by atoms with Gasteiger partial charge in [-0.1, -0.05) is 18.2 Å². The van der Waals surface area contributed by atoms with E-state index in [2.05, 4.69) is 10.2 Å². The average molecular weight is 324 g/mol. The summed E-state index contributed by atoms with van der Waals surface area (Å²) < 4.78 is 10.9. The highest BCUT2D eigenvalue weighted by molar-refractivity contribution is 5.87. The Bertz CT molecular complexity index is 856. The second-order valence-electron chi connectivity index (χ2n) is 5.38. The lowest BCUT2D eigenvalue weighted by Crippen LogP contribution is -1.92. The number of phenolic OH excluding ortho intramolecular Hbond substituents is 1. The zero-order valence-corrected chi connectivity index (χ0v) is 14.0. The maximum absolute atomic E-state index is 10.4. The molecule has 0 atom stereocenters. The minimum atomic E-state index is 0.128. The van der Waals surface area contributed by atoms with E-state index in [1.807, 2.05) is 50.2 Å². The number of methoxy groups -OCH3 is 1. The SMILES string of the molecule is CCOc1ccc(-c2n[nH]c(C)c2-c2ccccc2OC)c(O)c1. The first kappa shape index (κ1) is 15.9. The Morgan fingerprint density at radius 1 is 1.12 bits per heavy atom. The normalized spacial score (nSPS) is 10.6. The predicted octanol–water partition coefficient (Wildman–Crippen LogP) is 4.17. The fraction of sp³-hybridized carbons (Fsp3) is 0.211. The van der Waals surface area contributed by atoms with E-state index in [1.165, 1.54) is 0 Å². The molecule has 0 spiro atoms. The summed E-state index contributed by atoms with van der Waals surface area (Å²) in [6.45, 7) is 4.40. The number of hydrogen-bond acceptors (Lipinski definition) is 4. The maximum atomic E-state index is 10.4. The van der Waals surface area contributed by atoms with Crippen molar-refractivity contribution in [3.63, 3.8) is 0 Å². The first-order valence-electron chi connectivity index (χ1n) is 7.80. The third-order valence-electron chi connectivity index (χ3n) is 3.86. The van der Waals surface area contributed by atoms with Crippen LogP contribution in [-0.2, 0) is 0 Å². The highest BCUT2D eigenvalue weighted by Gasteiger charge is 2.19. The minimum absolute atomic E-state index is 0.128. The molecule has 0 amide bonds. The molecule has 0 saturated heterocycles.